The predicted molar refractivity (Wildman–Crippen MR) is 194 cm³/mol. The monoisotopic (exact) mass is 648 g/mol. The van der Waals surface area contributed by atoms with Crippen molar-refractivity contribution < 1.29 is 8.78 Å². The third kappa shape index (κ3) is 5.93. The van der Waals surface area contributed by atoms with E-state index in [4.69, 9.17) is 9.97 Å². The van der Waals surface area contributed by atoms with Gasteiger partial charge < -0.3 is 0 Å². The molecule has 0 spiro atoms. The molecule has 0 amide bonds. The van der Waals surface area contributed by atoms with Crippen LogP contribution in [0, 0.1) is 11.6 Å². The molecule has 7 aromatic rings. The second-order valence-electron chi connectivity index (χ2n) is 12.4. The molecule has 0 saturated heterocycles. The number of halogens is 2. The van der Waals surface area contributed by atoms with E-state index in [-0.39, 0.29) is 0 Å². The second kappa shape index (κ2) is 13.5. The predicted octanol–water partition coefficient (Wildman–Crippen LogP) is 13.1. The average molecular weight is 649 g/mol. The van der Waals surface area contributed by atoms with Gasteiger partial charge in [0.25, 0.3) is 0 Å². The lowest BCUT2D eigenvalue weighted by molar-refractivity contribution is 0.510. The van der Waals surface area contributed by atoms with E-state index >= 15 is 0 Å². The van der Waals surface area contributed by atoms with Crippen LogP contribution in [0.4, 0.5) is 8.78 Å². The molecule has 0 aliphatic rings. The zero-order chi connectivity index (χ0) is 31.6. The number of aryl methyl sites for hydroxylation is 2. The maximum atomic E-state index is 14.4. The van der Waals surface area contributed by atoms with Gasteiger partial charge >= 0.3 is 0 Å². The molecule has 0 saturated carbocycles. The Hall–Kier alpha value is -3.74. The number of hydrogen-bond donors (Lipinski definition) is 0. The first-order chi connectivity index (χ1) is 22.6. The van der Waals surface area contributed by atoms with Gasteiger partial charge in [-0.2, -0.15) is 0 Å². The second-order valence-corrected chi connectivity index (χ2v) is 14.2. The molecule has 0 bridgehead atoms. The van der Waals surface area contributed by atoms with Gasteiger partial charge in [-0.1, -0.05) is 76.6 Å². The first-order valence-corrected chi connectivity index (χ1v) is 18.4. The summed E-state index contributed by atoms with van der Waals surface area (Å²) in [5.74, 6) is -1.82. The van der Waals surface area contributed by atoms with E-state index in [0.29, 0.717) is 22.1 Å². The fraction of sp³-hybridized carbons (Fsp3) is 0.300. The molecule has 0 radical (unpaired) electrons. The molecule has 0 aliphatic carbocycles. The minimum atomic E-state index is -0.912. The van der Waals surface area contributed by atoms with Crippen molar-refractivity contribution in [2.24, 2.45) is 0 Å². The molecule has 0 N–H and O–H groups in total. The number of rotatable bonds is 12. The molecule has 3 aromatic heterocycles. The fourth-order valence-electron chi connectivity index (χ4n) is 6.72. The van der Waals surface area contributed by atoms with Crippen LogP contribution in [0.3, 0.4) is 0 Å². The number of hydrogen-bond acceptors (Lipinski definition) is 4. The summed E-state index contributed by atoms with van der Waals surface area (Å²) in [4.78, 5) is 12.5. The van der Waals surface area contributed by atoms with Crippen molar-refractivity contribution in [2.75, 3.05) is 0 Å². The number of nitrogens with zero attached hydrogens (tertiary/aromatic N) is 2. The first kappa shape index (κ1) is 30.9. The Balaban J connectivity index is 1.41. The van der Waals surface area contributed by atoms with Crippen LogP contribution < -0.4 is 0 Å². The third-order valence-corrected chi connectivity index (χ3v) is 11.2. The van der Waals surface area contributed by atoms with Crippen molar-refractivity contribution in [3.63, 3.8) is 0 Å². The molecule has 46 heavy (non-hydrogen) atoms. The molecule has 0 unspecified atom stereocenters. The Labute approximate surface area is 277 Å². The van der Waals surface area contributed by atoms with Crippen LogP contribution in [-0.2, 0) is 12.8 Å². The molecule has 3 heterocycles. The summed E-state index contributed by atoms with van der Waals surface area (Å²) in [6.07, 6.45) is 12.0. The minimum absolute atomic E-state index is 0.356. The average Bonchev–Trinajstić information content (AvgIpc) is 3.75. The van der Waals surface area contributed by atoms with Crippen LogP contribution in [0.5, 0.6) is 0 Å². The molecule has 0 aliphatic heterocycles. The number of benzene rings is 4. The van der Waals surface area contributed by atoms with E-state index in [1.165, 1.54) is 72.2 Å². The quantitative estimate of drug-likeness (QED) is 0.0748. The summed E-state index contributed by atoms with van der Waals surface area (Å²) in [7, 11) is 0. The summed E-state index contributed by atoms with van der Waals surface area (Å²) in [6.45, 7) is 4.48. The van der Waals surface area contributed by atoms with Crippen molar-refractivity contribution in [1.82, 2.24) is 9.97 Å². The number of aromatic nitrogens is 2. The van der Waals surface area contributed by atoms with Gasteiger partial charge in [0.1, 0.15) is 0 Å². The van der Waals surface area contributed by atoms with E-state index < -0.39 is 11.6 Å². The number of thiophene rings is 2. The van der Waals surface area contributed by atoms with Crippen molar-refractivity contribution in [2.45, 2.75) is 78.1 Å². The van der Waals surface area contributed by atoms with Crippen LogP contribution in [0.25, 0.3) is 64.5 Å². The number of fused-ring (bicyclic) bond motifs is 7. The first-order valence-electron chi connectivity index (χ1n) is 16.6. The lowest BCUT2D eigenvalue weighted by atomic mass is 9.94. The third-order valence-electron chi connectivity index (χ3n) is 9.16. The Kier molecular flexibility index (Phi) is 9.10. The zero-order valence-corrected chi connectivity index (χ0v) is 28.1. The summed E-state index contributed by atoms with van der Waals surface area (Å²) in [5, 5.41) is 8.49. The van der Waals surface area contributed by atoms with E-state index in [2.05, 4.69) is 73.1 Å². The number of unbranched alkanes of at least 4 members (excludes halogenated alkanes) is 6. The zero-order valence-electron chi connectivity index (χ0n) is 26.5. The minimum Gasteiger partial charge on any atom is -0.244 e. The Morgan fingerprint density at radius 1 is 0.522 bits per heavy atom. The normalized spacial score (nSPS) is 11.9. The van der Waals surface area contributed by atoms with Crippen LogP contribution in [0.2, 0.25) is 0 Å². The van der Waals surface area contributed by atoms with Gasteiger partial charge in [-0.05, 0) is 93.7 Å². The highest BCUT2D eigenvalue weighted by Gasteiger charge is 2.18. The molecule has 4 aromatic carbocycles. The molecule has 0 fully saturated rings. The highest BCUT2D eigenvalue weighted by atomic mass is 32.1. The SMILES string of the molecule is CCCCCCc1ccsc1-c1ccc2c3ccc(-c4sccc4CCCCCC)cc3c3nc4cc(F)c(F)cc4nc3c2c1. The Morgan fingerprint density at radius 2 is 0.978 bits per heavy atom. The molecule has 6 heteroatoms. The summed E-state index contributed by atoms with van der Waals surface area (Å²) >= 11 is 3.55. The summed E-state index contributed by atoms with van der Waals surface area (Å²) in [6, 6.07) is 20.1. The van der Waals surface area contributed by atoms with Crippen molar-refractivity contribution in [1.29, 1.82) is 0 Å². The maximum Gasteiger partial charge on any atom is 0.161 e. The standard InChI is InChI=1S/C40H38F2N2S2/c1-3-5-7-9-11-25-17-19-45-39(25)27-13-15-29-30-16-14-28(40-26(18-20-46-40)12-10-8-6-4-2)22-32(30)38-37(31(29)21-27)43-35-23-33(41)34(42)24-36(35)44-38/h13-24H,3-12H2,1-2H3. The maximum absolute atomic E-state index is 14.4. The van der Waals surface area contributed by atoms with Gasteiger partial charge in [-0.3, -0.25) is 0 Å². The molecule has 234 valence electrons. The van der Waals surface area contributed by atoms with Crippen LogP contribution in [0.15, 0.2) is 71.4 Å². The van der Waals surface area contributed by atoms with Gasteiger partial charge in [-0.25, -0.2) is 18.7 Å². The lowest BCUT2D eigenvalue weighted by Crippen LogP contribution is -1.95. The summed E-state index contributed by atoms with van der Waals surface area (Å²) in [5.41, 5.74) is 7.21. The highest BCUT2D eigenvalue weighted by Crippen LogP contribution is 2.41. The van der Waals surface area contributed by atoms with Crippen LogP contribution >= 0.6 is 22.7 Å². The fourth-order valence-corrected chi connectivity index (χ4v) is 8.62. The van der Waals surface area contributed by atoms with Gasteiger partial charge in [-0.15, -0.1) is 22.7 Å². The highest BCUT2D eigenvalue weighted by molar-refractivity contribution is 7.14. The van der Waals surface area contributed by atoms with Gasteiger partial charge in [0.05, 0.1) is 22.1 Å². The van der Waals surface area contributed by atoms with E-state index in [1.54, 1.807) is 22.7 Å². The molecular weight excluding hydrogens is 611 g/mol. The largest absolute Gasteiger partial charge is 0.244 e. The van der Waals surface area contributed by atoms with Gasteiger partial charge in [0.2, 0.25) is 0 Å². The summed E-state index contributed by atoms with van der Waals surface area (Å²) < 4.78 is 28.8. The molecule has 2 nitrogen and oxygen atoms in total. The van der Waals surface area contributed by atoms with Gasteiger partial charge in [0, 0.05) is 32.7 Å². The molecule has 0 atom stereocenters. The topological polar surface area (TPSA) is 25.8 Å². The van der Waals surface area contributed by atoms with Gasteiger partial charge in [0.15, 0.2) is 11.6 Å². The van der Waals surface area contributed by atoms with Crippen LogP contribution in [0.1, 0.15) is 76.3 Å². The Bertz CT molecular complexity index is 2020. The van der Waals surface area contributed by atoms with E-state index in [0.717, 1.165) is 57.6 Å². The smallest absolute Gasteiger partial charge is 0.161 e. The lowest BCUT2D eigenvalue weighted by Gasteiger charge is -2.14. The van der Waals surface area contributed by atoms with E-state index in [9.17, 15) is 8.78 Å². The Morgan fingerprint density at radius 3 is 1.41 bits per heavy atom. The van der Waals surface area contributed by atoms with Crippen LogP contribution in [-0.4, -0.2) is 9.97 Å². The van der Waals surface area contributed by atoms with Crippen molar-refractivity contribution in [3.8, 4) is 20.9 Å². The molecular formula is C40H38F2N2S2. The molecule has 7 rings (SSSR count). The van der Waals surface area contributed by atoms with E-state index in [1.807, 2.05) is 0 Å². The van der Waals surface area contributed by atoms with Crippen molar-refractivity contribution in [3.05, 3.63) is 94.2 Å². The van der Waals surface area contributed by atoms with Crippen molar-refractivity contribution >= 4 is 66.3 Å².